The molecule has 1 amide bonds. The van der Waals surface area contributed by atoms with E-state index in [1.54, 1.807) is 6.20 Å². The SMILES string of the molecule is Cn1ccnc1C1CNCCN1C(=O)CCc1cccc(Br)c1. The Bertz CT molecular complexity index is 685. The van der Waals surface area contributed by atoms with Gasteiger partial charge in [0.2, 0.25) is 5.91 Å². The van der Waals surface area contributed by atoms with Gasteiger partial charge in [0.15, 0.2) is 0 Å². The molecule has 1 atom stereocenters. The van der Waals surface area contributed by atoms with Gasteiger partial charge in [-0.3, -0.25) is 4.79 Å². The summed E-state index contributed by atoms with van der Waals surface area (Å²) in [5, 5.41) is 3.36. The zero-order chi connectivity index (χ0) is 16.2. The fourth-order valence-corrected chi connectivity index (χ4v) is 3.47. The molecule has 1 saturated heterocycles. The van der Waals surface area contributed by atoms with Crippen LogP contribution in [0.4, 0.5) is 0 Å². The molecule has 3 rings (SSSR count). The highest BCUT2D eigenvalue weighted by Gasteiger charge is 2.29. The first kappa shape index (κ1) is 16.2. The number of rotatable bonds is 4. The number of piperazine rings is 1. The van der Waals surface area contributed by atoms with E-state index in [9.17, 15) is 4.79 Å². The van der Waals surface area contributed by atoms with Crippen molar-refractivity contribution in [1.29, 1.82) is 0 Å². The number of carbonyl (C=O) groups excluding carboxylic acids is 1. The van der Waals surface area contributed by atoms with Crippen LogP contribution in [0.5, 0.6) is 0 Å². The second-order valence-corrected chi connectivity index (χ2v) is 6.75. The Morgan fingerprint density at radius 1 is 1.48 bits per heavy atom. The van der Waals surface area contributed by atoms with Crippen molar-refractivity contribution in [3.8, 4) is 0 Å². The van der Waals surface area contributed by atoms with E-state index < -0.39 is 0 Å². The first-order valence-electron chi connectivity index (χ1n) is 7.87. The number of carbonyl (C=O) groups is 1. The maximum atomic E-state index is 12.7. The van der Waals surface area contributed by atoms with Gasteiger partial charge in [-0.1, -0.05) is 28.1 Å². The first-order chi connectivity index (χ1) is 11.1. The molecule has 1 N–H and O–H groups in total. The Morgan fingerprint density at radius 3 is 3.09 bits per heavy atom. The number of nitrogens with zero attached hydrogens (tertiary/aromatic N) is 3. The van der Waals surface area contributed by atoms with Crippen LogP contribution in [0.25, 0.3) is 0 Å². The minimum Gasteiger partial charge on any atom is -0.336 e. The molecule has 2 aromatic rings. The molecule has 0 radical (unpaired) electrons. The average molecular weight is 377 g/mol. The molecule has 0 bridgehead atoms. The minimum atomic E-state index is 0.0127. The van der Waals surface area contributed by atoms with Gasteiger partial charge in [0.05, 0.1) is 0 Å². The molecule has 0 spiro atoms. The normalized spacial score (nSPS) is 18.2. The average Bonchev–Trinajstić information content (AvgIpc) is 2.98. The standard InChI is InChI=1S/C17H21BrN4O/c1-21-9-8-20-17(21)15-12-19-7-10-22(15)16(23)6-5-13-3-2-4-14(18)11-13/h2-4,8-9,11,15,19H,5-7,10,12H2,1H3. The summed E-state index contributed by atoms with van der Waals surface area (Å²) in [7, 11) is 1.97. The Balaban J connectivity index is 1.68. The Kier molecular flexibility index (Phi) is 5.13. The van der Waals surface area contributed by atoms with Crippen LogP contribution in [-0.4, -0.2) is 40.0 Å². The topological polar surface area (TPSA) is 50.2 Å². The minimum absolute atomic E-state index is 0.0127. The van der Waals surface area contributed by atoms with Crippen molar-refractivity contribution >= 4 is 21.8 Å². The molecule has 1 aromatic heterocycles. The van der Waals surface area contributed by atoms with Crippen LogP contribution in [0.1, 0.15) is 23.9 Å². The third kappa shape index (κ3) is 3.82. The molecule has 1 aliphatic rings. The number of benzene rings is 1. The summed E-state index contributed by atoms with van der Waals surface area (Å²) in [5.41, 5.74) is 1.18. The van der Waals surface area contributed by atoms with E-state index in [2.05, 4.69) is 38.4 Å². The van der Waals surface area contributed by atoms with Gasteiger partial charge in [-0.25, -0.2) is 4.98 Å². The summed E-state index contributed by atoms with van der Waals surface area (Å²) in [6.45, 7) is 2.33. The Hall–Kier alpha value is -1.66. The van der Waals surface area contributed by atoms with Crippen LogP contribution in [0.3, 0.4) is 0 Å². The van der Waals surface area contributed by atoms with E-state index in [0.29, 0.717) is 6.42 Å². The lowest BCUT2D eigenvalue weighted by Crippen LogP contribution is -2.49. The summed E-state index contributed by atoms with van der Waals surface area (Å²) >= 11 is 3.47. The van der Waals surface area contributed by atoms with Gasteiger partial charge >= 0.3 is 0 Å². The van der Waals surface area contributed by atoms with E-state index in [4.69, 9.17) is 0 Å². The quantitative estimate of drug-likeness (QED) is 0.890. The van der Waals surface area contributed by atoms with Crippen molar-refractivity contribution in [3.05, 3.63) is 52.5 Å². The molecule has 0 saturated carbocycles. The third-order valence-electron chi connectivity index (χ3n) is 4.24. The van der Waals surface area contributed by atoms with Crippen LogP contribution in [0.2, 0.25) is 0 Å². The van der Waals surface area contributed by atoms with E-state index in [1.807, 2.05) is 34.8 Å². The fraction of sp³-hybridized carbons (Fsp3) is 0.412. The van der Waals surface area contributed by atoms with Crippen molar-refractivity contribution in [1.82, 2.24) is 19.8 Å². The molecule has 0 aliphatic carbocycles. The van der Waals surface area contributed by atoms with Crippen molar-refractivity contribution in [2.24, 2.45) is 7.05 Å². The van der Waals surface area contributed by atoms with Gasteiger partial charge in [-0.05, 0) is 24.1 Å². The molecule has 23 heavy (non-hydrogen) atoms. The maximum Gasteiger partial charge on any atom is 0.223 e. The summed E-state index contributed by atoms with van der Waals surface area (Å²) in [5.74, 6) is 1.13. The van der Waals surface area contributed by atoms with Gasteiger partial charge in [-0.2, -0.15) is 0 Å². The molecule has 1 unspecified atom stereocenters. The first-order valence-corrected chi connectivity index (χ1v) is 8.66. The van der Waals surface area contributed by atoms with Crippen LogP contribution in [0.15, 0.2) is 41.1 Å². The summed E-state index contributed by atoms with van der Waals surface area (Å²) < 4.78 is 3.04. The second-order valence-electron chi connectivity index (χ2n) is 5.83. The smallest absolute Gasteiger partial charge is 0.223 e. The highest BCUT2D eigenvalue weighted by atomic mass is 79.9. The number of aryl methyl sites for hydroxylation is 2. The van der Waals surface area contributed by atoms with Gasteiger partial charge in [0.1, 0.15) is 11.9 Å². The molecule has 122 valence electrons. The molecular weight excluding hydrogens is 356 g/mol. The van der Waals surface area contributed by atoms with Gasteiger partial charge in [-0.15, -0.1) is 0 Å². The zero-order valence-electron chi connectivity index (χ0n) is 13.2. The molecule has 1 fully saturated rings. The van der Waals surface area contributed by atoms with Crippen molar-refractivity contribution in [3.63, 3.8) is 0 Å². The second kappa shape index (κ2) is 7.27. The van der Waals surface area contributed by atoms with Crippen molar-refractivity contribution in [2.45, 2.75) is 18.9 Å². The molecule has 6 heteroatoms. The van der Waals surface area contributed by atoms with Crippen LogP contribution >= 0.6 is 15.9 Å². The Labute approximate surface area is 144 Å². The van der Waals surface area contributed by atoms with Gasteiger partial charge in [0, 0.05) is 50.0 Å². The monoisotopic (exact) mass is 376 g/mol. The number of hydrogen-bond acceptors (Lipinski definition) is 3. The van der Waals surface area contributed by atoms with Gasteiger partial charge < -0.3 is 14.8 Å². The predicted octanol–water partition coefficient (Wildman–Crippen LogP) is 2.29. The fourth-order valence-electron chi connectivity index (χ4n) is 3.02. The third-order valence-corrected chi connectivity index (χ3v) is 4.73. The van der Waals surface area contributed by atoms with Crippen LogP contribution in [-0.2, 0) is 18.3 Å². The molecular formula is C17H21BrN4O. The lowest BCUT2D eigenvalue weighted by molar-refractivity contribution is -0.134. The van der Waals surface area contributed by atoms with Crippen LogP contribution in [0, 0.1) is 0 Å². The number of nitrogens with one attached hydrogen (secondary N) is 1. The van der Waals surface area contributed by atoms with E-state index in [1.165, 1.54) is 5.56 Å². The summed E-state index contributed by atoms with van der Waals surface area (Å²) in [6.07, 6.45) is 5.00. The summed E-state index contributed by atoms with van der Waals surface area (Å²) in [6, 6.07) is 8.15. The molecule has 1 aromatic carbocycles. The zero-order valence-corrected chi connectivity index (χ0v) is 14.8. The summed E-state index contributed by atoms with van der Waals surface area (Å²) in [4.78, 5) is 19.1. The lowest BCUT2D eigenvalue weighted by Gasteiger charge is -2.35. The molecule has 5 nitrogen and oxygen atoms in total. The van der Waals surface area contributed by atoms with Crippen molar-refractivity contribution in [2.75, 3.05) is 19.6 Å². The van der Waals surface area contributed by atoms with Crippen molar-refractivity contribution < 1.29 is 4.79 Å². The number of amides is 1. The number of imidazole rings is 1. The molecule has 1 aliphatic heterocycles. The number of hydrogen-bond donors (Lipinski definition) is 1. The Morgan fingerprint density at radius 2 is 2.35 bits per heavy atom. The number of aromatic nitrogens is 2. The maximum absolute atomic E-state index is 12.7. The largest absolute Gasteiger partial charge is 0.336 e. The van der Waals surface area contributed by atoms with E-state index in [0.717, 1.165) is 36.4 Å². The molecule has 2 heterocycles. The van der Waals surface area contributed by atoms with E-state index >= 15 is 0 Å². The van der Waals surface area contributed by atoms with E-state index in [-0.39, 0.29) is 11.9 Å². The highest BCUT2D eigenvalue weighted by molar-refractivity contribution is 9.10. The predicted molar refractivity (Wildman–Crippen MR) is 93.0 cm³/mol. The van der Waals surface area contributed by atoms with Gasteiger partial charge in [0.25, 0.3) is 0 Å². The lowest BCUT2D eigenvalue weighted by atomic mass is 10.1. The van der Waals surface area contributed by atoms with Crippen LogP contribution < -0.4 is 5.32 Å². The number of halogens is 1. The highest BCUT2D eigenvalue weighted by Crippen LogP contribution is 2.22.